The van der Waals surface area contributed by atoms with Crippen molar-refractivity contribution in [2.45, 2.75) is 70.5 Å². The van der Waals surface area contributed by atoms with E-state index in [0.717, 1.165) is 18.4 Å². The van der Waals surface area contributed by atoms with Crippen LogP contribution in [-0.2, 0) is 9.53 Å². The molecule has 0 saturated heterocycles. The van der Waals surface area contributed by atoms with Gasteiger partial charge in [0.1, 0.15) is 5.76 Å². The summed E-state index contributed by atoms with van der Waals surface area (Å²) in [5, 5.41) is 21.0. The van der Waals surface area contributed by atoms with Crippen molar-refractivity contribution < 1.29 is 19.7 Å². The van der Waals surface area contributed by atoms with E-state index in [1.807, 2.05) is 6.92 Å². The van der Waals surface area contributed by atoms with E-state index >= 15 is 0 Å². The van der Waals surface area contributed by atoms with Crippen LogP contribution in [0.5, 0.6) is 0 Å². The highest BCUT2D eigenvalue weighted by molar-refractivity contribution is 5.74. The fourth-order valence-electron chi connectivity index (χ4n) is 4.60. The van der Waals surface area contributed by atoms with Gasteiger partial charge in [-0.15, -0.1) is 0 Å². The SMILES string of the molecule is CCC(CC(C)C)C(=O)OC1=C2C3CC(O)(C1)CC2(O)C3. The molecule has 21 heavy (non-hydrogen) atoms. The lowest BCUT2D eigenvalue weighted by atomic mass is 9.48. The van der Waals surface area contributed by atoms with Gasteiger partial charge in [0, 0.05) is 18.4 Å². The van der Waals surface area contributed by atoms with Crippen LogP contribution in [0.15, 0.2) is 11.3 Å². The Hall–Kier alpha value is -0.870. The molecule has 0 aliphatic heterocycles. The molecular formula is C17H26O4. The highest BCUT2D eigenvalue weighted by Gasteiger charge is 2.64. The van der Waals surface area contributed by atoms with Crippen molar-refractivity contribution in [2.75, 3.05) is 0 Å². The summed E-state index contributed by atoms with van der Waals surface area (Å²) in [4.78, 5) is 12.4. The van der Waals surface area contributed by atoms with Crippen LogP contribution >= 0.6 is 0 Å². The molecule has 4 bridgehead atoms. The van der Waals surface area contributed by atoms with E-state index in [-0.39, 0.29) is 17.8 Å². The first-order valence-corrected chi connectivity index (χ1v) is 8.16. The van der Waals surface area contributed by atoms with Crippen LogP contribution in [0.3, 0.4) is 0 Å². The second-order valence-corrected chi connectivity index (χ2v) is 7.71. The fourth-order valence-corrected chi connectivity index (χ4v) is 4.60. The van der Waals surface area contributed by atoms with Gasteiger partial charge >= 0.3 is 5.97 Å². The Morgan fingerprint density at radius 3 is 2.62 bits per heavy atom. The van der Waals surface area contributed by atoms with Gasteiger partial charge in [0.25, 0.3) is 0 Å². The van der Waals surface area contributed by atoms with E-state index < -0.39 is 11.2 Å². The highest BCUT2D eigenvalue weighted by Crippen LogP contribution is 2.63. The second kappa shape index (κ2) is 4.82. The van der Waals surface area contributed by atoms with Crippen LogP contribution in [-0.4, -0.2) is 27.4 Å². The van der Waals surface area contributed by atoms with Gasteiger partial charge in [-0.3, -0.25) is 4.79 Å². The summed E-state index contributed by atoms with van der Waals surface area (Å²) < 4.78 is 5.63. The predicted octanol–water partition coefficient (Wildman–Crippen LogP) is 2.54. The Bertz CT molecular complexity index is 495. The fraction of sp³-hybridized carbons (Fsp3) is 0.824. The highest BCUT2D eigenvalue weighted by atomic mass is 16.5. The van der Waals surface area contributed by atoms with Gasteiger partial charge in [-0.05, 0) is 37.5 Å². The lowest BCUT2D eigenvalue weighted by Gasteiger charge is -2.61. The third-order valence-electron chi connectivity index (χ3n) is 5.34. The normalized spacial score (nSPS) is 38.5. The molecule has 4 atom stereocenters. The maximum absolute atomic E-state index is 12.4. The molecule has 3 fully saturated rings. The van der Waals surface area contributed by atoms with Crippen molar-refractivity contribution in [1.82, 2.24) is 0 Å². The number of aliphatic hydroxyl groups is 2. The maximum atomic E-state index is 12.4. The number of ether oxygens (including phenoxy) is 1. The third kappa shape index (κ3) is 2.42. The van der Waals surface area contributed by atoms with Crippen LogP contribution in [0.25, 0.3) is 0 Å². The molecule has 0 radical (unpaired) electrons. The van der Waals surface area contributed by atoms with Crippen molar-refractivity contribution in [3.63, 3.8) is 0 Å². The minimum absolute atomic E-state index is 0.0980. The number of hydrogen-bond acceptors (Lipinski definition) is 4. The number of rotatable bonds is 5. The molecule has 0 aromatic rings. The Kier molecular flexibility index (Phi) is 3.45. The molecule has 0 spiro atoms. The molecule has 4 nitrogen and oxygen atoms in total. The van der Waals surface area contributed by atoms with Crippen molar-refractivity contribution >= 4 is 5.97 Å². The molecule has 0 amide bonds. The smallest absolute Gasteiger partial charge is 0.314 e. The van der Waals surface area contributed by atoms with Crippen LogP contribution in [0, 0.1) is 17.8 Å². The predicted molar refractivity (Wildman–Crippen MR) is 78.2 cm³/mol. The number of fused-ring (bicyclic) bond motifs is 1. The first-order chi connectivity index (χ1) is 9.76. The van der Waals surface area contributed by atoms with E-state index in [2.05, 4.69) is 13.8 Å². The van der Waals surface area contributed by atoms with Crippen molar-refractivity contribution in [3.8, 4) is 0 Å². The summed E-state index contributed by atoms with van der Waals surface area (Å²) in [5.41, 5.74) is -0.897. The Morgan fingerprint density at radius 2 is 2.10 bits per heavy atom. The van der Waals surface area contributed by atoms with E-state index in [1.54, 1.807) is 0 Å². The second-order valence-electron chi connectivity index (χ2n) is 7.71. The molecule has 2 N–H and O–H groups in total. The van der Waals surface area contributed by atoms with Crippen LogP contribution < -0.4 is 0 Å². The zero-order valence-electron chi connectivity index (χ0n) is 13.2. The Balaban J connectivity index is 1.76. The molecule has 5 aliphatic carbocycles. The third-order valence-corrected chi connectivity index (χ3v) is 5.34. The average molecular weight is 294 g/mol. The minimum Gasteiger partial charge on any atom is -0.431 e. The molecule has 4 heteroatoms. The summed E-state index contributed by atoms with van der Waals surface area (Å²) in [7, 11) is 0. The lowest BCUT2D eigenvalue weighted by molar-refractivity contribution is -0.173. The topological polar surface area (TPSA) is 66.8 Å². The number of carbonyl (C=O) groups excluding carboxylic acids is 1. The summed E-state index contributed by atoms with van der Waals surface area (Å²) in [6.45, 7) is 6.19. The molecule has 3 saturated carbocycles. The van der Waals surface area contributed by atoms with Gasteiger partial charge in [-0.1, -0.05) is 20.8 Å². The molecule has 0 heterocycles. The molecule has 5 rings (SSSR count). The van der Waals surface area contributed by atoms with Crippen LogP contribution in [0.4, 0.5) is 0 Å². The van der Waals surface area contributed by atoms with E-state index in [4.69, 9.17) is 4.74 Å². The monoisotopic (exact) mass is 294 g/mol. The molecule has 0 aromatic carbocycles. The first kappa shape index (κ1) is 15.0. The number of carbonyl (C=O) groups is 1. The van der Waals surface area contributed by atoms with Gasteiger partial charge in [0.2, 0.25) is 0 Å². The van der Waals surface area contributed by atoms with Crippen molar-refractivity contribution in [3.05, 3.63) is 11.3 Å². The zero-order chi connectivity index (χ0) is 15.4. The maximum Gasteiger partial charge on any atom is 0.314 e. The molecule has 0 aromatic heterocycles. The summed E-state index contributed by atoms with van der Waals surface area (Å²) >= 11 is 0. The molecule has 4 unspecified atom stereocenters. The Labute approximate surface area is 126 Å². The Morgan fingerprint density at radius 1 is 1.38 bits per heavy atom. The number of hydrogen-bond donors (Lipinski definition) is 2. The number of esters is 1. The molecule has 5 aliphatic rings. The van der Waals surface area contributed by atoms with Gasteiger partial charge < -0.3 is 14.9 Å². The van der Waals surface area contributed by atoms with Gasteiger partial charge in [0.15, 0.2) is 0 Å². The van der Waals surface area contributed by atoms with Gasteiger partial charge in [0.05, 0.1) is 17.1 Å². The molecule has 118 valence electrons. The van der Waals surface area contributed by atoms with Gasteiger partial charge in [-0.2, -0.15) is 0 Å². The van der Waals surface area contributed by atoms with Crippen LogP contribution in [0.2, 0.25) is 0 Å². The van der Waals surface area contributed by atoms with Gasteiger partial charge in [-0.25, -0.2) is 0 Å². The van der Waals surface area contributed by atoms with E-state index in [0.29, 0.717) is 37.4 Å². The van der Waals surface area contributed by atoms with E-state index in [9.17, 15) is 15.0 Å². The standard InChI is InChI=1S/C17H26O4/c1-4-11(5-10(2)3)15(18)21-13-8-16(19)6-12-7-17(20,9-16)14(12)13/h10-12,19-20H,4-9H2,1-3H3. The average Bonchev–Trinajstić information content (AvgIpc) is 2.32. The van der Waals surface area contributed by atoms with Crippen molar-refractivity contribution in [2.24, 2.45) is 17.8 Å². The largest absolute Gasteiger partial charge is 0.431 e. The zero-order valence-corrected chi connectivity index (χ0v) is 13.2. The molecular weight excluding hydrogens is 268 g/mol. The summed E-state index contributed by atoms with van der Waals surface area (Å²) in [6, 6.07) is 0. The first-order valence-electron chi connectivity index (χ1n) is 8.16. The van der Waals surface area contributed by atoms with Crippen LogP contribution in [0.1, 0.15) is 59.3 Å². The summed E-state index contributed by atoms with van der Waals surface area (Å²) in [6.07, 6.45) is 3.76. The van der Waals surface area contributed by atoms with E-state index in [1.165, 1.54) is 0 Å². The quantitative estimate of drug-likeness (QED) is 0.765. The lowest BCUT2D eigenvalue weighted by Crippen LogP contribution is -2.63. The van der Waals surface area contributed by atoms with Crippen molar-refractivity contribution in [1.29, 1.82) is 0 Å². The summed E-state index contributed by atoms with van der Waals surface area (Å²) in [5.74, 6) is 0.910. The minimum atomic E-state index is -0.911.